The van der Waals surface area contributed by atoms with Crippen LogP contribution in [0.4, 0.5) is 0 Å². The van der Waals surface area contributed by atoms with E-state index in [0.717, 1.165) is 0 Å². The molecule has 0 aliphatic heterocycles. The molecule has 1 rings (SSSR count). The van der Waals surface area contributed by atoms with Gasteiger partial charge in [-0.05, 0) is 18.4 Å². The highest BCUT2D eigenvalue weighted by molar-refractivity contribution is 5.75. The molecule has 0 atom stereocenters. The van der Waals surface area contributed by atoms with Gasteiger partial charge >= 0.3 is 0 Å². The lowest BCUT2D eigenvalue weighted by Crippen LogP contribution is -1.83. The summed E-state index contributed by atoms with van der Waals surface area (Å²) in [5.74, 6) is 0. The molecule has 0 aromatic heterocycles. The largest absolute Gasteiger partial charge is 0.0814 e. The van der Waals surface area contributed by atoms with Crippen molar-refractivity contribution in [1.82, 2.24) is 0 Å². The zero-order chi connectivity index (χ0) is 7.94. The van der Waals surface area contributed by atoms with Crippen LogP contribution in [0.25, 0.3) is 0 Å². The standard InChI is InChI=1S/C11H16.BH3/c1-2-3-5-8-11-9-6-4-7-10-11;/h4,6-7,9-10H,2-3,5,8H2,1H3;1H3. The molecule has 1 aromatic rings. The first-order valence-corrected chi connectivity index (χ1v) is 4.47. The van der Waals surface area contributed by atoms with Gasteiger partial charge in [0.2, 0.25) is 0 Å². The molecular weight excluding hydrogens is 143 g/mol. The van der Waals surface area contributed by atoms with Crippen LogP contribution in [0, 0.1) is 0 Å². The molecule has 0 aliphatic rings. The summed E-state index contributed by atoms with van der Waals surface area (Å²) >= 11 is 0. The van der Waals surface area contributed by atoms with E-state index in [2.05, 4.69) is 37.3 Å². The first kappa shape index (κ1) is 11.3. The Hall–Kier alpha value is -0.715. The van der Waals surface area contributed by atoms with Crippen LogP contribution in [-0.4, -0.2) is 8.41 Å². The molecule has 0 bridgehead atoms. The fraction of sp³-hybridized carbons (Fsp3) is 0.455. The summed E-state index contributed by atoms with van der Waals surface area (Å²) in [6.45, 7) is 2.24. The van der Waals surface area contributed by atoms with E-state index in [0.29, 0.717) is 0 Å². The highest BCUT2D eigenvalue weighted by Gasteiger charge is 1.89. The van der Waals surface area contributed by atoms with E-state index < -0.39 is 0 Å². The average molecular weight is 162 g/mol. The highest BCUT2D eigenvalue weighted by Crippen LogP contribution is 2.05. The predicted molar refractivity (Wildman–Crippen MR) is 59.6 cm³/mol. The van der Waals surface area contributed by atoms with Gasteiger partial charge < -0.3 is 0 Å². The second kappa shape index (κ2) is 6.96. The molecule has 12 heavy (non-hydrogen) atoms. The summed E-state index contributed by atoms with van der Waals surface area (Å²) in [6.07, 6.45) is 5.25. The summed E-state index contributed by atoms with van der Waals surface area (Å²) in [5.41, 5.74) is 1.47. The monoisotopic (exact) mass is 162 g/mol. The van der Waals surface area contributed by atoms with Gasteiger partial charge in [-0.15, -0.1) is 0 Å². The van der Waals surface area contributed by atoms with E-state index in [1.54, 1.807) is 0 Å². The lowest BCUT2D eigenvalue weighted by atomic mass is 10.1. The van der Waals surface area contributed by atoms with Crippen molar-refractivity contribution in [2.45, 2.75) is 32.6 Å². The van der Waals surface area contributed by atoms with Gasteiger partial charge in [0.1, 0.15) is 0 Å². The Kier molecular flexibility index (Phi) is 6.55. The Morgan fingerprint density at radius 2 is 1.67 bits per heavy atom. The molecule has 1 heteroatoms. The van der Waals surface area contributed by atoms with Crippen LogP contribution in [0.3, 0.4) is 0 Å². The summed E-state index contributed by atoms with van der Waals surface area (Å²) in [6, 6.07) is 10.7. The molecule has 0 saturated heterocycles. The van der Waals surface area contributed by atoms with Crippen LogP contribution in [0.5, 0.6) is 0 Å². The smallest absolute Gasteiger partial charge is 0.0654 e. The molecule has 1 aromatic carbocycles. The predicted octanol–water partition coefficient (Wildman–Crippen LogP) is 2.24. The fourth-order valence-corrected chi connectivity index (χ4v) is 1.22. The van der Waals surface area contributed by atoms with E-state index >= 15 is 0 Å². The van der Waals surface area contributed by atoms with Crippen molar-refractivity contribution in [2.75, 3.05) is 0 Å². The SMILES string of the molecule is B.CCCCCc1ccccc1. The average Bonchev–Trinajstić information content (AvgIpc) is 2.07. The molecule has 0 unspecified atom stereocenters. The van der Waals surface area contributed by atoms with Crippen molar-refractivity contribution >= 4 is 8.41 Å². The maximum absolute atomic E-state index is 2.24. The molecule has 0 amide bonds. The molecule has 66 valence electrons. The number of hydrogen-bond donors (Lipinski definition) is 0. The van der Waals surface area contributed by atoms with Gasteiger partial charge in [0.15, 0.2) is 0 Å². The first-order valence-electron chi connectivity index (χ1n) is 4.47. The lowest BCUT2D eigenvalue weighted by Gasteiger charge is -1.98. The summed E-state index contributed by atoms with van der Waals surface area (Å²) in [4.78, 5) is 0. The third kappa shape index (κ3) is 4.22. The van der Waals surface area contributed by atoms with Crippen molar-refractivity contribution < 1.29 is 0 Å². The van der Waals surface area contributed by atoms with Gasteiger partial charge in [0.05, 0.1) is 8.41 Å². The zero-order valence-corrected chi connectivity index (χ0v) is 7.22. The van der Waals surface area contributed by atoms with Gasteiger partial charge in [-0.25, -0.2) is 0 Å². The first-order chi connectivity index (χ1) is 5.43. The molecule has 0 N–H and O–H groups in total. The van der Waals surface area contributed by atoms with Crippen molar-refractivity contribution in [3.8, 4) is 0 Å². The van der Waals surface area contributed by atoms with E-state index in [1.807, 2.05) is 0 Å². The minimum atomic E-state index is 0. The van der Waals surface area contributed by atoms with Crippen LogP contribution < -0.4 is 0 Å². The third-order valence-electron chi connectivity index (χ3n) is 1.91. The maximum atomic E-state index is 2.24. The number of rotatable bonds is 4. The third-order valence-corrected chi connectivity index (χ3v) is 1.91. The number of hydrogen-bond acceptors (Lipinski definition) is 0. The Morgan fingerprint density at radius 1 is 1.00 bits per heavy atom. The Bertz CT molecular complexity index is 181. The second-order valence-corrected chi connectivity index (χ2v) is 2.94. The minimum absolute atomic E-state index is 0. The van der Waals surface area contributed by atoms with Crippen LogP contribution in [0.2, 0.25) is 0 Å². The van der Waals surface area contributed by atoms with Gasteiger partial charge in [-0.2, -0.15) is 0 Å². The van der Waals surface area contributed by atoms with Crippen molar-refractivity contribution in [1.29, 1.82) is 0 Å². The quantitative estimate of drug-likeness (QED) is 0.470. The molecule has 0 radical (unpaired) electrons. The van der Waals surface area contributed by atoms with Crippen LogP contribution >= 0.6 is 0 Å². The number of unbranched alkanes of at least 4 members (excludes halogenated alkanes) is 2. The zero-order valence-electron chi connectivity index (χ0n) is 7.22. The van der Waals surface area contributed by atoms with Gasteiger partial charge in [0, 0.05) is 0 Å². The van der Waals surface area contributed by atoms with Crippen molar-refractivity contribution in [2.24, 2.45) is 0 Å². The van der Waals surface area contributed by atoms with Gasteiger partial charge in [-0.1, -0.05) is 50.1 Å². The van der Waals surface area contributed by atoms with E-state index in [4.69, 9.17) is 0 Å². The second-order valence-electron chi connectivity index (χ2n) is 2.94. The van der Waals surface area contributed by atoms with Gasteiger partial charge in [0.25, 0.3) is 0 Å². The normalized spacial score (nSPS) is 9.08. The molecular formula is C11H19B. The van der Waals surface area contributed by atoms with Crippen LogP contribution in [0.1, 0.15) is 31.7 Å². The molecule has 0 aliphatic carbocycles. The summed E-state index contributed by atoms with van der Waals surface area (Å²) < 4.78 is 0. The van der Waals surface area contributed by atoms with Crippen LogP contribution in [-0.2, 0) is 6.42 Å². The molecule has 0 nitrogen and oxygen atoms in total. The Balaban J connectivity index is 0.00000121. The minimum Gasteiger partial charge on any atom is -0.0654 e. The Labute approximate surface area is 77.6 Å². The maximum Gasteiger partial charge on any atom is 0.0814 e. The van der Waals surface area contributed by atoms with Crippen molar-refractivity contribution in [3.63, 3.8) is 0 Å². The van der Waals surface area contributed by atoms with E-state index in [1.165, 1.54) is 31.2 Å². The van der Waals surface area contributed by atoms with Crippen LogP contribution in [0.15, 0.2) is 30.3 Å². The number of aryl methyl sites for hydroxylation is 1. The lowest BCUT2D eigenvalue weighted by molar-refractivity contribution is 0.717. The topological polar surface area (TPSA) is 0 Å². The van der Waals surface area contributed by atoms with Gasteiger partial charge in [-0.3, -0.25) is 0 Å². The summed E-state index contributed by atoms with van der Waals surface area (Å²) in [7, 11) is 0. The van der Waals surface area contributed by atoms with Crippen molar-refractivity contribution in [3.05, 3.63) is 35.9 Å². The van der Waals surface area contributed by atoms with E-state index in [-0.39, 0.29) is 8.41 Å². The summed E-state index contributed by atoms with van der Waals surface area (Å²) in [5, 5.41) is 0. The number of benzene rings is 1. The fourth-order valence-electron chi connectivity index (χ4n) is 1.22. The molecule has 0 spiro atoms. The van der Waals surface area contributed by atoms with E-state index in [9.17, 15) is 0 Å². The highest BCUT2D eigenvalue weighted by atomic mass is 13.9. The molecule has 0 heterocycles. The molecule has 0 fully saturated rings. The molecule has 0 saturated carbocycles. The Morgan fingerprint density at radius 3 is 2.25 bits per heavy atom.